The maximum atomic E-state index is 13.3. The molecule has 0 spiro atoms. The van der Waals surface area contributed by atoms with Crippen molar-refractivity contribution in [2.75, 3.05) is 39.8 Å². The zero-order chi connectivity index (χ0) is 30.2. The molecule has 3 aromatic rings. The fourth-order valence-electron chi connectivity index (χ4n) is 5.85. The predicted molar refractivity (Wildman–Crippen MR) is 178 cm³/mol. The van der Waals surface area contributed by atoms with Crippen LogP contribution in [0.5, 0.6) is 0 Å². The maximum Gasteiger partial charge on any atom is 0.410 e. The van der Waals surface area contributed by atoms with E-state index in [1.165, 1.54) is 17.1 Å². The second-order valence-electron chi connectivity index (χ2n) is 11.8. The molecule has 44 heavy (non-hydrogen) atoms. The summed E-state index contributed by atoms with van der Waals surface area (Å²) in [6, 6.07) is 26.3. The zero-order valence-corrected chi connectivity index (χ0v) is 27.7. The van der Waals surface area contributed by atoms with Gasteiger partial charge in [0, 0.05) is 44.3 Å². The van der Waals surface area contributed by atoms with E-state index < -0.39 is 10.0 Å². The normalized spacial score (nSPS) is 16.7. The van der Waals surface area contributed by atoms with E-state index in [0.717, 1.165) is 56.6 Å². The van der Waals surface area contributed by atoms with Gasteiger partial charge in [-0.05, 0) is 85.9 Å². The highest BCUT2D eigenvalue weighted by Crippen LogP contribution is 2.32. The minimum Gasteiger partial charge on any atom is -0.445 e. The summed E-state index contributed by atoms with van der Waals surface area (Å²) >= 11 is 6.34. The predicted octanol–water partition coefficient (Wildman–Crippen LogP) is 7.07. The molecule has 0 aromatic heterocycles. The van der Waals surface area contributed by atoms with Crippen molar-refractivity contribution in [2.45, 2.75) is 55.6 Å². The average molecular weight is 661 g/mol. The summed E-state index contributed by atoms with van der Waals surface area (Å²) in [5, 5.41) is 0.645. The quantitative estimate of drug-likeness (QED) is 0.196. The van der Waals surface area contributed by atoms with Gasteiger partial charge in [-0.2, -0.15) is 0 Å². The Morgan fingerprint density at radius 3 is 2.25 bits per heavy atom. The molecule has 1 saturated carbocycles. The van der Waals surface area contributed by atoms with Gasteiger partial charge in [-0.1, -0.05) is 72.3 Å². The van der Waals surface area contributed by atoms with Crippen molar-refractivity contribution in [2.24, 2.45) is 5.92 Å². The van der Waals surface area contributed by atoms with Gasteiger partial charge in [0.1, 0.15) is 6.61 Å². The first kappa shape index (κ1) is 34.3. The lowest BCUT2D eigenvalue weighted by molar-refractivity contribution is 0.0580. The molecule has 1 amide bonds. The number of piperidine rings is 1. The maximum absolute atomic E-state index is 13.3. The van der Waals surface area contributed by atoms with E-state index in [-0.39, 0.29) is 30.5 Å². The van der Waals surface area contributed by atoms with Crippen LogP contribution >= 0.6 is 24.0 Å². The highest BCUT2D eigenvalue weighted by atomic mass is 35.5. The number of hydrogen-bond donors (Lipinski definition) is 0. The number of carbonyl (C=O) groups is 1. The van der Waals surface area contributed by atoms with E-state index in [1.807, 2.05) is 65.6 Å². The summed E-state index contributed by atoms with van der Waals surface area (Å²) in [5.41, 5.74) is 2.03. The number of likely N-dealkylation sites (tertiary alicyclic amines) is 1. The molecule has 238 valence electrons. The van der Waals surface area contributed by atoms with Gasteiger partial charge in [0.2, 0.25) is 10.0 Å². The number of amides is 1. The second-order valence-corrected chi connectivity index (χ2v) is 14.3. The number of likely N-dealkylation sites (N-methyl/N-ethyl adjacent to an activating group) is 1. The Morgan fingerprint density at radius 1 is 0.955 bits per heavy atom. The fourth-order valence-corrected chi connectivity index (χ4v) is 7.29. The molecule has 1 heterocycles. The standard InChI is InChI=1S/C34H42ClN3O4S.ClH/c1-36(43(40,41)33-13-6-3-7-14-33)25-30(29-11-8-12-31(35)23-29)17-20-37-21-18-32(19-22-37)38(24-27-15-16-27)34(39)42-26-28-9-4-2-5-10-28;/h2-14,23,27,30,32H,15-22,24-26H2,1H3;1H. The van der Waals surface area contributed by atoms with E-state index in [4.69, 9.17) is 16.3 Å². The van der Waals surface area contributed by atoms with Crippen LogP contribution in [0.3, 0.4) is 0 Å². The molecule has 1 saturated heterocycles. The lowest BCUT2D eigenvalue weighted by Gasteiger charge is -2.38. The molecule has 1 unspecified atom stereocenters. The van der Waals surface area contributed by atoms with Crippen LogP contribution in [-0.2, 0) is 21.4 Å². The first-order valence-corrected chi connectivity index (χ1v) is 17.1. The van der Waals surface area contributed by atoms with E-state index in [1.54, 1.807) is 31.3 Å². The number of nitrogens with zero attached hydrogens (tertiary/aromatic N) is 3. The number of carbonyl (C=O) groups excluding carboxylic acids is 1. The van der Waals surface area contributed by atoms with Gasteiger partial charge >= 0.3 is 6.09 Å². The molecule has 1 aliphatic heterocycles. The summed E-state index contributed by atoms with van der Waals surface area (Å²) in [5.74, 6) is 0.573. The van der Waals surface area contributed by atoms with E-state index in [2.05, 4.69) is 4.90 Å². The van der Waals surface area contributed by atoms with E-state index >= 15 is 0 Å². The smallest absolute Gasteiger partial charge is 0.410 e. The van der Waals surface area contributed by atoms with Crippen molar-refractivity contribution in [1.29, 1.82) is 0 Å². The zero-order valence-electron chi connectivity index (χ0n) is 25.3. The van der Waals surface area contributed by atoms with Crippen LogP contribution in [-0.4, -0.2) is 74.4 Å². The first-order chi connectivity index (χ1) is 20.8. The van der Waals surface area contributed by atoms with Crippen molar-refractivity contribution in [1.82, 2.24) is 14.1 Å². The second kappa shape index (κ2) is 16.1. The molecule has 3 aromatic carbocycles. The van der Waals surface area contributed by atoms with Crippen LogP contribution in [0, 0.1) is 5.92 Å². The molecule has 2 fully saturated rings. The van der Waals surface area contributed by atoms with Gasteiger partial charge in [-0.25, -0.2) is 17.5 Å². The highest BCUT2D eigenvalue weighted by Gasteiger charge is 2.34. The summed E-state index contributed by atoms with van der Waals surface area (Å²) in [7, 11) is -1.96. The monoisotopic (exact) mass is 659 g/mol. The highest BCUT2D eigenvalue weighted by molar-refractivity contribution is 7.89. The lowest BCUT2D eigenvalue weighted by atomic mass is 9.94. The number of benzene rings is 3. The molecule has 10 heteroatoms. The lowest BCUT2D eigenvalue weighted by Crippen LogP contribution is -2.48. The molecular formula is C34H43Cl2N3O4S. The van der Waals surface area contributed by atoms with Gasteiger partial charge in [-0.15, -0.1) is 12.4 Å². The van der Waals surface area contributed by atoms with Gasteiger partial charge < -0.3 is 14.5 Å². The van der Waals surface area contributed by atoms with Gasteiger partial charge in [0.15, 0.2) is 0 Å². The molecular weight excluding hydrogens is 617 g/mol. The molecule has 0 bridgehead atoms. The van der Waals surface area contributed by atoms with Crippen molar-refractivity contribution in [3.8, 4) is 0 Å². The Bertz CT molecular complexity index is 1430. The van der Waals surface area contributed by atoms with Gasteiger partial charge in [0.25, 0.3) is 0 Å². The Labute approximate surface area is 273 Å². The SMILES string of the molecule is CN(CC(CCN1CCC(N(CC2CC2)C(=O)OCc2ccccc2)CC1)c1cccc(Cl)c1)S(=O)(=O)c1ccccc1.Cl. The summed E-state index contributed by atoms with van der Waals surface area (Å²) < 4.78 is 33.8. The van der Waals surface area contributed by atoms with Crippen LogP contribution in [0.25, 0.3) is 0 Å². The molecule has 1 aliphatic carbocycles. The summed E-state index contributed by atoms with van der Waals surface area (Å²) in [4.78, 5) is 17.9. The molecule has 2 aliphatic rings. The third kappa shape index (κ3) is 9.44. The third-order valence-corrected chi connectivity index (χ3v) is 10.7. The minimum atomic E-state index is -3.61. The Morgan fingerprint density at radius 2 is 1.61 bits per heavy atom. The molecule has 0 radical (unpaired) electrons. The number of ether oxygens (including phenoxy) is 1. The van der Waals surface area contributed by atoms with Crippen LogP contribution < -0.4 is 0 Å². The fraction of sp³-hybridized carbons (Fsp3) is 0.441. The molecule has 5 rings (SSSR count). The molecule has 0 N–H and O–H groups in total. The minimum absolute atomic E-state index is 0. The molecule has 1 atom stereocenters. The first-order valence-electron chi connectivity index (χ1n) is 15.3. The largest absolute Gasteiger partial charge is 0.445 e. The topological polar surface area (TPSA) is 70.2 Å². The van der Waals surface area contributed by atoms with E-state index in [9.17, 15) is 13.2 Å². The Hall–Kier alpha value is -2.62. The number of halogens is 2. The van der Waals surface area contributed by atoms with Crippen molar-refractivity contribution < 1.29 is 17.9 Å². The Kier molecular flexibility index (Phi) is 12.5. The summed E-state index contributed by atoms with van der Waals surface area (Å²) in [6.45, 7) is 4.04. The number of rotatable bonds is 13. The average Bonchev–Trinajstić information content (AvgIpc) is 3.86. The summed E-state index contributed by atoms with van der Waals surface area (Å²) in [6.07, 6.45) is 4.75. The van der Waals surface area contributed by atoms with Crippen LogP contribution in [0.4, 0.5) is 4.79 Å². The Balaban J connectivity index is 0.00000442. The van der Waals surface area contributed by atoms with Crippen LogP contribution in [0.1, 0.15) is 49.1 Å². The molecule has 7 nitrogen and oxygen atoms in total. The van der Waals surface area contributed by atoms with Gasteiger partial charge in [-0.3, -0.25) is 0 Å². The number of sulfonamides is 1. The van der Waals surface area contributed by atoms with Crippen molar-refractivity contribution in [3.63, 3.8) is 0 Å². The number of hydrogen-bond acceptors (Lipinski definition) is 5. The van der Waals surface area contributed by atoms with Crippen LogP contribution in [0.2, 0.25) is 5.02 Å². The van der Waals surface area contributed by atoms with Crippen LogP contribution in [0.15, 0.2) is 89.8 Å². The van der Waals surface area contributed by atoms with E-state index in [0.29, 0.717) is 29.0 Å². The van der Waals surface area contributed by atoms with Crippen molar-refractivity contribution in [3.05, 3.63) is 101 Å². The van der Waals surface area contributed by atoms with Crippen molar-refractivity contribution >= 4 is 40.1 Å². The van der Waals surface area contributed by atoms with Gasteiger partial charge in [0.05, 0.1) is 4.90 Å². The third-order valence-electron chi connectivity index (χ3n) is 8.63.